The van der Waals surface area contributed by atoms with E-state index in [2.05, 4.69) is 5.32 Å². The summed E-state index contributed by atoms with van der Waals surface area (Å²) in [6.45, 7) is 3.58. The first-order chi connectivity index (χ1) is 12.6. The molecule has 1 saturated heterocycles. The Labute approximate surface area is 154 Å². The number of carbonyl (C=O) groups is 2. The number of ether oxygens (including phenoxy) is 1. The lowest BCUT2D eigenvalue weighted by molar-refractivity contribution is -0.139. The molecule has 0 saturated carbocycles. The maximum absolute atomic E-state index is 12.4. The minimum atomic E-state index is -0.142. The number of hydrogen-bond acceptors (Lipinski definition) is 3. The van der Waals surface area contributed by atoms with Crippen molar-refractivity contribution < 1.29 is 14.3 Å². The number of benzene rings is 2. The molecule has 2 aromatic carbocycles. The Kier molecular flexibility index (Phi) is 6.02. The lowest BCUT2D eigenvalue weighted by Crippen LogP contribution is -2.46. The number of carbonyl (C=O) groups excluding carboxylic acids is 2. The number of aryl methyl sites for hydroxylation is 1. The van der Waals surface area contributed by atoms with E-state index in [-0.39, 0.29) is 30.9 Å². The van der Waals surface area contributed by atoms with Crippen LogP contribution < -0.4 is 5.32 Å². The lowest BCUT2D eigenvalue weighted by Gasteiger charge is -2.33. The molecule has 1 fully saturated rings. The summed E-state index contributed by atoms with van der Waals surface area (Å²) in [6, 6.07) is 17.7. The smallest absolute Gasteiger partial charge is 0.242 e. The van der Waals surface area contributed by atoms with Gasteiger partial charge in [-0.2, -0.15) is 0 Å². The second-order valence-corrected chi connectivity index (χ2v) is 6.55. The van der Waals surface area contributed by atoms with Gasteiger partial charge in [0.25, 0.3) is 0 Å². The molecule has 1 heterocycles. The van der Waals surface area contributed by atoms with Gasteiger partial charge in [-0.3, -0.25) is 9.59 Å². The first-order valence-electron chi connectivity index (χ1n) is 8.88. The van der Waals surface area contributed by atoms with E-state index in [0.29, 0.717) is 19.7 Å². The zero-order valence-electron chi connectivity index (χ0n) is 15.0. The fourth-order valence-corrected chi connectivity index (χ4v) is 3.10. The minimum absolute atomic E-state index is 0.0200. The van der Waals surface area contributed by atoms with Gasteiger partial charge in [-0.25, -0.2) is 0 Å². The predicted octanol–water partition coefficient (Wildman–Crippen LogP) is 2.25. The molecule has 0 radical (unpaired) electrons. The molecule has 2 amide bonds. The number of rotatable bonds is 5. The van der Waals surface area contributed by atoms with Gasteiger partial charge in [0.15, 0.2) is 0 Å². The van der Waals surface area contributed by atoms with Crippen molar-refractivity contribution in [2.75, 3.05) is 26.2 Å². The number of amides is 2. The van der Waals surface area contributed by atoms with E-state index in [9.17, 15) is 9.59 Å². The zero-order valence-corrected chi connectivity index (χ0v) is 15.0. The Morgan fingerprint density at radius 1 is 1.15 bits per heavy atom. The highest BCUT2D eigenvalue weighted by Crippen LogP contribution is 2.21. The summed E-state index contributed by atoms with van der Waals surface area (Å²) < 4.78 is 5.78. The standard InChI is InChI=1S/C21H24N2O3/c1-16-6-5-7-17(12-16)13-20(24)22-14-21(25)23-10-11-26-19(15-23)18-8-3-2-4-9-18/h2-9,12,19H,10-11,13-15H2,1H3,(H,22,24). The fourth-order valence-electron chi connectivity index (χ4n) is 3.10. The van der Waals surface area contributed by atoms with Crippen molar-refractivity contribution in [2.45, 2.75) is 19.4 Å². The predicted molar refractivity (Wildman–Crippen MR) is 99.6 cm³/mol. The Morgan fingerprint density at radius 3 is 2.73 bits per heavy atom. The molecule has 3 rings (SSSR count). The van der Waals surface area contributed by atoms with Crippen LogP contribution in [0.15, 0.2) is 54.6 Å². The molecule has 0 spiro atoms. The summed E-state index contributed by atoms with van der Waals surface area (Å²) in [7, 11) is 0. The highest BCUT2D eigenvalue weighted by molar-refractivity contribution is 5.85. The lowest BCUT2D eigenvalue weighted by atomic mass is 10.1. The highest BCUT2D eigenvalue weighted by Gasteiger charge is 2.25. The molecular formula is C21H24N2O3. The molecule has 1 aliphatic heterocycles. The van der Waals surface area contributed by atoms with Crippen molar-refractivity contribution in [2.24, 2.45) is 0 Å². The quantitative estimate of drug-likeness (QED) is 0.898. The molecule has 1 aliphatic rings. The summed E-state index contributed by atoms with van der Waals surface area (Å²) in [5.41, 5.74) is 3.13. The van der Waals surface area contributed by atoms with E-state index in [1.807, 2.05) is 61.5 Å². The van der Waals surface area contributed by atoms with Gasteiger partial charge in [0.1, 0.15) is 6.10 Å². The summed E-state index contributed by atoms with van der Waals surface area (Å²) in [4.78, 5) is 26.3. The molecule has 2 aromatic rings. The molecule has 0 bridgehead atoms. The van der Waals surface area contributed by atoms with Crippen LogP contribution in [0.3, 0.4) is 0 Å². The molecule has 0 aromatic heterocycles. The maximum Gasteiger partial charge on any atom is 0.242 e. The Balaban J connectivity index is 1.49. The van der Waals surface area contributed by atoms with Crippen LogP contribution in [0.2, 0.25) is 0 Å². The van der Waals surface area contributed by atoms with Gasteiger partial charge in [-0.05, 0) is 18.1 Å². The van der Waals surface area contributed by atoms with Crippen molar-refractivity contribution in [3.63, 3.8) is 0 Å². The van der Waals surface area contributed by atoms with Gasteiger partial charge in [-0.1, -0.05) is 60.2 Å². The SMILES string of the molecule is Cc1cccc(CC(=O)NCC(=O)N2CCOC(c3ccccc3)C2)c1. The van der Waals surface area contributed by atoms with E-state index < -0.39 is 0 Å². The molecule has 0 aliphatic carbocycles. The molecular weight excluding hydrogens is 328 g/mol. The van der Waals surface area contributed by atoms with Crippen LogP contribution in [-0.2, 0) is 20.7 Å². The third-order valence-electron chi connectivity index (χ3n) is 4.47. The maximum atomic E-state index is 12.4. The zero-order chi connectivity index (χ0) is 18.4. The van der Waals surface area contributed by atoms with Crippen LogP contribution in [-0.4, -0.2) is 43.0 Å². The summed E-state index contributed by atoms with van der Waals surface area (Å²) >= 11 is 0. The van der Waals surface area contributed by atoms with Crippen LogP contribution in [0.5, 0.6) is 0 Å². The van der Waals surface area contributed by atoms with Crippen molar-refractivity contribution in [3.8, 4) is 0 Å². The summed E-state index contributed by atoms with van der Waals surface area (Å²) in [6.07, 6.45) is 0.168. The summed E-state index contributed by atoms with van der Waals surface area (Å²) in [5, 5.41) is 2.73. The second-order valence-electron chi connectivity index (χ2n) is 6.55. The van der Waals surface area contributed by atoms with Crippen molar-refractivity contribution in [1.29, 1.82) is 0 Å². The Morgan fingerprint density at radius 2 is 1.96 bits per heavy atom. The molecule has 5 heteroatoms. The van der Waals surface area contributed by atoms with Gasteiger partial charge in [0.05, 0.1) is 26.1 Å². The van der Waals surface area contributed by atoms with E-state index in [1.165, 1.54) is 0 Å². The highest BCUT2D eigenvalue weighted by atomic mass is 16.5. The van der Waals surface area contributed by atoms with Crippen LogP contribution >= 0.6 is 0 Å². The van der Waals surface area contributed by atoms with Crippen LogP contribution in [0.4, 0.5) is 0 Å². The molecule has 5 nitrogen and oxygen atoms in total. The first-order valence-corrected chi connectivity index (χ1v) is 8.88. The minimum Gasteiger partial charge on any atom is -0.370 e. The fraction of sp³-hybridized carbons (Fsp3) is 0.333. The average molecular weight is 352 g/mol. The topological polar surface area (TPSA) is 58.6 Å². The van der Waals surface area contributed by atoms with E-state index in [0.717, 1.165) is 16.7 Å². The number of morpholine rings is 1. The average Bonchev–Trinajstić information content (AvgIpc) is 2.67. The molecule has 1 atom stereocenters. The van der Waals surface area contributed by atoms with Crippen LogP contribution in [0, 0.1) is 6.92 Å². The van der Waals surface area contributed by atoms with Gasteiger partial charge in [0, 0.05) is 6.54 Å². The van der Waals surface area contributed by atoms with Crippen molar-refractivity contribution in [3.05, 3.63) is 71.3 Å². The Hall–Kier alpha value is -2.66. The molecule has 1 unspecified atom stereocenters. The van der Waals surface area contributed by atoms with Crippen LogP contribution in [0.25, 0.3) is 0 Å². The second kappa shape index (κ2) is 8.63. The molecule has 26 heavy (non-hydrogen) atoms. The molecule has 136 valence electrons. The van der Waals surface area contributed by atoms with Crippen molar-refractivity contribution >= 4 is 11.8 Å². The van der Waals surface area contributed by atoms with E-state index in [4.69, 9.17) is 4.74 Å². The third-order valence-corrected chi connectivity index (χ3v) is 4.47. The largest absolute Gasteiger partial charge is 0.370 e. The molecule has 1 N–H and O–H groups in total. The normalized spacial score (nSPS) is 17.0. The van der Waals surface area contributed by atoms with Crippen LogP contribution in [0.1, 0.15) is 22.8 Å². The number of nitrogens with one attached hydrogen (secondary N) is 1. The van der Waals surface area contributed by atoms with Gasteiger partial charge < -0.3 is 15.0 Å². The Bertz CT molecular complexity index is 761. The van der Waals surface area contributed by atoms with E-state index in [1.54, 1.807) is 4.90 Å². The first kappa shape index (κ1) is 18.1. The monoisotopic (exact) mass is 352 g/mol. The van der Waals surface area contributed by atoms with Gasteiger partial charge in [0.2, 0.25) is 11.8 Å². The number of nitrogens with zero attached hydrogens (tertiary/aromatic N) is 1. The van der Waals surface area contributed by atoms with E-state index >= 15 is 0 Å². The van der Waals surface area contributed by atoms with Gasteiger partial charge >= 0.3 is 0 Å². The van der Waals surface area contributed by atoms with Gasteiger partial charge in [-0.15, -0.1) is 0 Å². The summed E-state index contributed by atoms with van der Waals surface area (Å²) in [5.74, 6) is -0.219. The third kappa shape index (κ3) is 4.92. The van der Waals surface area contributed by atoms with Crippen molar-refractivity contribution in [1.82, 2.24) is 10.2 Å². The number of hydrogen-bond donors (Lipinski definition) is 1.